The summed E-state index contributed by atoms with van der Waals surface area (Å²) in [5, 5.41) is 0. The molecule has 0 aromatic heterocycles. The molecule has 0 spiro atoms. The van der Waals surface area contributed by atoms with E-state index in [0.717, 1.165) is 19.2 Å². The highest BCUT2D eigenvalue weighted by Gasteiger charge is 2.49. The Bertz CT molecular complexity index is 781. The van der Waals surface area contributed by atoms with Gasteiger partial charge in [0.15, 0.2) is 11.6 Å². The van der Waals surface area contributed by atoms with Crippen LogP contribution in [0.15, 0.2) is 24.0 Å². The molecule has 1 aromatic carbocycles. The van der Waals surface area contributed by atoms with Gasteiger partial charge in [0.05, 0.1) is 18.2 Å². The second-order valence-electron chi connectivity index (χ2n) is 4.21. The van der Waals surface area contributed by atoms with E-state index in [0.29, 0.717) is 0 Å². The smallest absolute Gasteiger partial charge is 0.486 e. The van der Waals surface area contributed by atoms with Crippen molar-refractivity contribution in [1.82, 2.24) is 0 Å². The predicted octanol–water partition coefficient (Wildman–Crippen LogP) is 2.37. The molecule has 11 heteroatoms. The van der Waals surface area contributed by atoms with Gasteiger partial charge in [-0.15, -0.1) is 0 Å². The number of hydrogen-bond donors (Lipinski definition) is 0. The summed E-state index contributed by atoms with van der Waals surface area (Å²) in [4.78, 5) is 11.4. The van der Waals surface area contributed by atoms with E-state index >= 15 is 0 Å². The van der Waals surface area contributed by atoms with E-state index in [1.165, 1.54) is 6.07 Å². The van der Waals surface area contributed by atoms with Crippen molar-refractivity contribution in [3.63, 3.8) is 0 Å². The largest absolute Gasteiger partial charge is 0.534 e. The van der Waals surface area contributed by atoms with Crippen LogP contribution in [0.1, 0.15) is 15.9 Å². The highest BCUT2D eigenvalue weighted by molar-refractivity contribution is 7.87. The van der Waals surface area contributed by atoms with Gasteiger partial charge in [-0.1, -0.05) is 0 Å². The van der Waals surface area contributed by atoms with Crippen LogP contribution in [0.25, 0.3) is 5.76 Å². The van der Waals surface area contributed by atoms with Gasteiger partial charge in [0, 0.05) is 0 Å². The van der Waals surface area contributed by atoms with Crippen molar-refractivity contribution < 1.29 is 44.4 Å². The first-order valence-corrected chi connectivity index (χ1v) is 7.22. The molecule has 0 amide bonds. The van der Waals surface area contributed by atoms with Crippen molar-refractivity contribution in [3.8, 4) is 5.75 Å². The molecular formula is C12H8F4O6S. The van der Waals surface area contributed by atoms with Crippen molar-refractivity contribution >= 4 is 21.8 Å². The number of methoxy groups -OCH3 is 1. The number of carbonyl (C=O) groups excluding carboxylic acids is 1. The van der Waals surface area contributed by atoms with Crippen LogP contribution in [0.5, 0.6) is 5.75 Å². The van der Waals surface area contributed by atoms with E-state index in [4.69, 9.17) is 4.74 Å². The molecule has 126 valence electrons. The molecule has 1 aliphatic heterocycles. The molecule has 0 atom stereocenters. The molecule has 6 nitrogen and oxygen atoms in total. The van der Waals surface area contributed by atoms with E-state index in [-0.39, 0.29) is 11.3 Å². The van der Waals surface area contributed by atoms with Gasteiger partial charge in [0.2, 0.25) is 0 Å². The Morgan fingerprint density at radius 1 is 1.30 bits per heavy atom. The van der Waals surface area contributed by atoms with Gasteiger partial charge in [-0.2, -0.15) is 21.6 Å². The Balaban J connectivity index is 2.52. The molecule has 0 aliphatic carbocycles. The number of rotatable bonds is 3. The first-order valence-electron chi connectivity index (χ1n) is 5.82. The molecule has 0 N–H and O–H groups in total. The number of hydrogen-bond acceptors (Lipinski definition) is 6. The minimum absolute atomic E-state index is 0.147. The predicted molar refractivity (Wildman–Crippen MR) is 67.4 cm³/mol. The standard InChI is InChI=1S/C12H8F4O6S/c1-20-11(17)6-2-3-9-7(4-6)10(8(13)5-21-9)22-23(18,19)12(14,15)16/h2-4H,5H2,1H3. The van der Waals surface area contributed by atoms with E-state index < -0.39 is 45.4 Å². The van der Waals surface area contributed by atoms with E-state index in [1.807, 2.05) is 0 Å². The summed E-state index contributed by atoms with van der Waals surface area (Å²) in [6.07, 6.45) is 0. The first-order chi connectivity index (χ1) is 10.6. The van der Waals surface area contributed by atoms with Gasteiger partial charge in [-0.25, -0.2) is 9.18 Å². The van der Waals surface area contributed by atoms with Crippen LogP contribution in [0.4, 0.5) is 17.6 Å². The van der Waals surface area contributed by atoms with Gasteiger partial charge in [-0.3, -0.25) is 0 Å². The first kappa shape index (κ1) is 17.1. The van der Waals surface area contributed by atoms with Crippen molar-refractivity contribution in [2.75, 3.05) is 13.7 Å². The Kier molecular flexibility index (Phi) is 4.24. The lowest BCUT2D eigenvalue weighted by Gasteiger charge is -2.21. The van der Waals surface area contributed by atoms with Crippen molar-refractivity contribution in [2.45, 2.75) is 5.51 Å². The number of halogens is 4. The summed E-state index contributed by atoms with van der Waals surface area (Å²) in [7, 11) is -5.03. The topological polar surface area (TPSA) is 78.9 Å². The second kappa shape index (κ2) is 5.72. The number of esters is 1. The summed E-state index contributed by atoms with van der Waals surface area (Å²) in [6, 6.07) is 3.27. The number of fused-ring (bicyclic) bond motifs is 1. The maximum absolute atomic E-state index is 13.7. The van der Waals surface area contributed by atoms with E-state index in [1.54, 1.807) is 0 Å². The molecular weight excluding hydrogens is 348 g/mol. The summed E-state index contributed by atoms with van der Waals surface area (Å²) >= 11 is 0. The second-order valence-corrected chi connectivity index (χ2v) is 5.75. The zero-order valence-corrected chi connectivity index (χ0v) is 12.1. The zero-order valence-electron chi connectivity index (χ0n) is 11.3. The zero-order chi connectivity index (χ0) is 17.4. The number of carbonyl (C=O) groups is 1. The average molecular weight is 356 g/mol. The lowest BCUT2D eigenvalue weighted by molar-refractivity contribution is -0.0510. The molecule has 0 bridgehead atoms. The Hall–Kier alpha value is -2.30. The van der Waals surface area contributed by atoms with Crippen LogP contribution >= 0.6 is 0 Å². The lowest BCUT2D eigenvalue weighted by Crippen LogP contribution is -2.26. The SMILES string of the molecule is COC(=O)c1ccc2c(c1)C(OS(=O)(=O)C(F)(F)F)=C(F)CO2. The fourth-order valence-corrected chi connectivity index (χ4v) is 2.17. The highest BCUT2D eigenvalue weighted by atomic mass is 32.2. The maximum atomic E-state index is 13.7. The van der Waals surface area contributed by atoms with Gasteiger partial charge >= 0.3 is 21.6 Å². The third kappa shape index (κ3) is 3.23. The minimum Gasteiger partial charge on any atom is -0.486 e. The van der Waals surface area contributed by atoms with Crippen molar-refractivity contribution in [2.24, 2.45) is 0 Å². The molecule has 1 aromatic rings. The van der Waals surface area contributed by atoms with Crippen molar-refractivity contribution in [3.05, 3.63) is 35.2 Å². The highest BCUT2D eigenvalue weighted by Crippen LogP contribution is 2.38. The van der Waals surface area contributed by atoms with Crippen LogP contribution in [0.2, 0.25) is 0 Å². The van der Waals surface area contributed by atoms with Crippen LogP contribution in [-0.4, -0.2) is 33.6 Å². The Morgan fingerprint density at radius 2 is 1.96 bits per heavy atom. The average Bonchev–Trinajstić information content (AvgIpc) is 2.47. The number of alkyl halides is 3. The molecule has 23 heavy (non-hydrogen) atoms. The summed E-state index contributed by atoms with van der Waals surface area (Å²) in [5.74, 6) is -3.56. The fourth-order valence-electron chi connectivity index (χ4n) is 1.68. The van der Waals surface area contributed by atoms with Gasteiger partial charge in [0.25, 0.3) is 0 Å². The Morgan fingerprint density at radius 3 is 2.52 bits per heavy atom. The normalized spacial score (nSPS) is 14.8. The van der Waals surface area contributed by atoms with E-state index in [2.05, 4.69) is 8.92 Å². The van der Waals surface area contributed by atoms with Crippen LogP contribution < -0.4 is 4.74 Å². The minimum atomic E-state index is -6.08. The number of benzene rings is 1. The van der Waals surface area contributed by atoms with Gasteiger partial charge in [0.1, 0.15) is 12.4 Å². The van der Waals surface area contributed by atoms with Gasteiger partial charge < -0.3 is 13.7 Å². The summed E-state index contributed by atoms with van der Waals surface area (Å²) in [6.45, 7) is -0.812. The third-order valence-corrected chi connectivity index (χ3v) is 3.68. The van der Waals surface area contributed by atoms with Crippen LogP contribution in [-0.2, 0) is 19.0 Å². The number of ether oxygens (including phenoxy) is 2. The molecule has 1 aliphatic rings. The molecule has 2 rings (SSSR count). The van der Waals surface area contributed by atoms with E-state index in [9.17, 15) is 30.8 Å². The third-order valence-electron chi connectivity index (χ3n) is 2.72. The lowest BCUT2D eigenvalue weighted by atomic mass is 10.1. The molecule has 1 heterocycles. The monoisotopic (exact) mass is 356 g/mol. The Labute approximate surface area is 127 Å². The molecule has 0 unspecified atom stereocenters. The molecule has 0 saturated carbocycles. The van der Waals surface area contributed by atoms with Gasteiger partial charge in [-0.05, 0) is 18.2 Å². The summed E-state index contributed by atoms with van der Waals surface area (Å²) in [5.41, 5.74) is -6.35. The van der Waals surface area contributed by atoms with Crippen LogP contribution in [0, 0.1) is 0 Å². The molecule has 0 fully saturated rings. The summed E-state index contributed by atoms with van der Waals surface area (Å²) < 4.78 is 86.2. The van der Waals surface area contributed by atoms with Crippen LogP contribution in [0.3, 0.4) is 0 Å². The van der Waals surface area contributed by atoms with Crippen molar-refractivity contribution in [1.29, 1.82) is 0 Å². The maximum Gasteiger partial charge on any atom is 0.534 e. The fraction of sp³-hybridized carbons (Fsp3) is 0.250. The molecule has 0 radical (unpaired) electrons. The molecule has 0 saturated heterocycles. The quantitative estimate of drug-likeness (QED) is 0.358.